The Labute approximate surface area is 87.3 Å². The number of rotatable bonds is 5. The molecular weight excluding hydrogens is 204 g/mol. The molecule has 1 aromatic rings. The Hall–Kier alpha value is -0.870. The molecule has 0 spiro atoms. The summed E-state index contributed by atoms with van der Waals surface area (Å²) in [6.07, 6.45) is 1.54. The number of hydrogen-bond acceptors (Lipinski definition) is 3. The summed E-state index contributed by atoms with van der Waals surface area (Å²) < 4.78 is 4.90. The molecule has 0 saturated heterocycles. The third kappa shape index (κ3) is 3.47. The van der Waals surface area contributed by atoms with Gasteiger partial charge < -0.3 is 9.72 Å². The quantitative estimate of drug-likeness (QED) is 0.592. The van der Waals surface area contributed by atoms with Gasteiger partial charge in [-0.15, -0.1) is 11.6 Å². The van der Waals surface area contributed by atoms with Gasteiger partial charge in [-0.05, 0) is 6.42 Å². The number of H-pyrrole nitrogens is 1. The largest absolute Gasteiger partial charge is 0.385 e. The second kappa shape index (κ2) is 5.78. The molecule has 0 aliphatic rings. The van der Waals surface area contributed by atoms with E-state index >= 15 is 0 Å². The summed E-state index contributed by atoms with van der Waals surface area (Å²) in [6, 6.07) is 1.41. The number of hydrogen-bond donors (Lipinski definition) is 1. The summed E-state index contributed by atoms with van der Waals surface area (Å²) in [5.41, 5.74) is 0.464. The first-order valence-electron chi connectivity index (χ1n) is 4.40. The molecule has 1 heterocycles. The van der Waals surface area contributed by atoms with Crippen LogP contribution in [0.1, 0.15) is 17.9 Å². The minimum atomic E-state index is -0.150. The zero-order valence-electron chi connectivity index (χ0n) is 8.05. The van der Waals surface area contributed by atoms with Gasteiger partial charge >= 0.3 is 0 Å². The minimum absolute atomic E-state index is 0.150. The van der Waals surface area contributed by atoms with E-state index in [9.17, 15) is 4.79 Å². The van der Waals surface area contributed by atoms with E-state index in [1.807, 2.05) is 0 Å². The fourth-order valence-electron chi connectivity index (χ4n) is 1.13. The average molecular weight is 217 g/mol. The maximum Gasteiger partial charge on any atom is 0.251 e. The average Bonchev–Trinajstić information content (AvgIpc) is 2.17. The maximum atomic E-state index is 11.1. The molecule has 0 fully saturated rings. The molecule has 1 aromatic heterocycles. The van der Waals surface area contributed by atoms with Crippen molar-refractivity contribution >= 4 is 11.6 Å². The number of aromatic nitrogens is 2. The summed E-state index contributed by atoms with van der Waals surface area (Å²) in [5, 5.41) is 0. The number of nitrogens with zero attached hydrogens (tertiary/aromatic N) is 1. The van der Waals surface area contributed by atoms with E-state index in [1.54, 1.807) is 7.11 Å². The van der Waals surface area contributed by atoms with Crippen LogP contribution in [0.15, 0.2) is 10.9 Å². The van der Waals surface area contributed by atoms with Gasteiger partial charge in [0, 0.05) is 26.2 Å². The minimum Gasteiger partial charge on any atom is -0.385 e. The monoisotopic (exact) mass is 216 g/mol. The highest BCUT2D eigenvalue weighted by molar-refractivity contribution is 6.16. The third-order valence-electron chi connectivity index (χ3n) is 1.74. The molecule has 0 unspecified atom stereocenters. The van der Waals surface area contributed by atoms with Crippen molar-refractivity contribution in [2.45, 2.75) is 18.7 Å². The SMILES string of the molecule is COCCCc1nc(CCl)cc(=O)[nH]1. The first-order valence-corrected chi connectivity index (χ1v) is 4.93. The van der Waals surface area contributed by atoms with Crippen molar-refractivity contribution in [1.82, 2.24) is 9.97 Å². The maximum absolute atomic E-state index is 11.1. The molecule has 4 nitrogen and oxygen atoms in total. The lowest BCUT2D eigenvalue weighted by Crippen LogP contribution is -2.12. The summed E-state index contributed by atoms with van der Waals surface area (Å²) >= 11 is 5.59. The molecule has 0 aliphatic carbocycles. The van der Waals surface area contributed by atoms with E-state index in [4.69, 9.17) is 16.3 Å². The highest BCUT2D eigenvalue weighted by Gasteiger charge is 2.00. The molecular formula is C9H13ClN2O2. The van der Waals surface area contributed by atoms with E-state index in [1.165, 1.54) is 6.07 Å². The molecule has 14 heavy (non-hydrogen) atoms. The Kier molecular flexibility index (Phi) is 4.62. The lowest BCUT2D eigenvalue weighted by atomic mass is 10.3. The normalized spacial score (nSPS) is 10.4. The van der Waals surface area contributed by atoms with Gasteiger partial charge in [0.1, 0.15) is 5.82 Å². The number of nitrogens with one attached hydrogen (secondary N) is 1. The van der Waals surface area contributed by atoms with Gasteiger partial charge in [0.15, 0.2) is 0 Å². The summed E-state index contributed by atoms with van der Waals surface area (Å²) in [7, 11) is 1.64. The van der Waals surface area contributed by atoms with Crippen LogP contribution in [0.3, 0.4) is 0 Å². The zero-order chi connectivity index (χ0) is 10.4. The highest BCUT2D eigenvalue weighted by atomic mass is 35.5. The van der Waals surface area contributed by atoms with Crippen LogP contribution < -0.4 is 5.56 Å². The van der Waals surface area contributed by atoms with Gasteiger partial charge in [-0.1, -0.05) is 0 Å². The number of ether oxygens (including phenoxy) is 1. The van der Waals surface area contributed by atoms with Crippen molar-refractivity contribution in [3.8, 4) is 0 Å². The van der Waals surface area contributed by atoms with Crippen LogP contribution in [0.5, 0.6) is 0 Å². The second-order valence-electron chi connectivity index (χ2n) is 2.91. The summed E-state index contributed by atoms with van der Waals surface area (Å²) in [6.45, 7) is 0.662. The molecule has 5 heteroatoms. The van der Waals surface area contributed by atoms with Crippen LogP contribution >= 0.6 is 11.6 Å². The predicted molar refractivity (Wildman–Crippen MR) is 54.6 cm³/mol. The molecule has 0 amide bonds. The Bertz CT molecular complexity index is 338. The van der Waals surface area contributed by atoms with Gasteiger partial charge in [-0.2, -0.15) is 0 Å². The Morgan fingerprint density at radius 1 is 1.64 bits per heavy atom. The molecule has 78 valence electrons. The van der Waals surface area contributed by atoms with Crippen molar-refractivity contribution in [2.75, 3.05) is 13.7 Å². The first-order chi connectivity index (χ1) is 6.76. The molecule has 0 aromatic carbocycles. The molecule has 0 atom stereocenters. The Morgan fingerprint density at radius 3 is 3.07 bits per heavy atom. The van der Waals surface area contributed by atoms with Gasteiger partial charge in [0.05, 0.1) is 11.6 Å². The lowest BCUT2D eigenvalue weighted by molar-refractivity contribution is 0.194. The highest BCUT2D eigenvalue weighted by Crippen LogP contribution is 1.99. The van der Waals surface area contributed by atoms with Gasteiger partial charge in [-0.25, -0.2) is 4.98 Å². The molecule has 1 N–H and O–H groups in total. The number of halogens is 1. The molecule has 0 bridgehead atoms. The third-order valence-corrected chi connectivity index (χ3v) is 2.02. The topological polar surface area (TPSA) is 55.0 Å². The molecule has 0 aliphatic heterocycles. The molecule has 0 radical (unpaired) electrons. The fraction of sp³-hybridized carbons (Fsp3) is 0.556. The number of methoxy groups -OCH3 is 1. The van der Waals surface area contributed by atoms with Crippen LogP contribution in [-0.2, 0) is 17.0 Å². The van der Waals surface area contributed by atoms with Crippen LogP contribution in [0.25, 0.3) is 0 Å². The van der Waals surface area contributed by atoms with Gasteiger partial charge in [-0.3, -0.25) is 4.79 Å². The number of alkyl halides is 1. The van der Waals surface area contributed by atoms with Crippen molar-refractivity contribution in [3.05, 3.63) is 27.9 Å². The summed E-state index contributed by atoms with van der Waals surface area (Å²) in [4.78, 5) is 18.0. The van der Waals surface area contributed by atoms with Gasteiger partial charge in [0.25, 0.3) is 5.56 Å². The standard InChI is InChI=1S/C9H13ClN2O2/c1-14-4-2-3-8-11-7(6-10)5-9(13)12-8/h5H,2-4,6H2,1H3,(H,11,12,13). The van der Waals surface area contributed by atoms with E-state index in [0.717, 1.165) is 6.42 Å². The first kappa shape index (κ1) is 11.2. The smallest absolute Gasteiger partial charge is 0.251 e. The van der Waals surface area contributed by atoms with Crippen LogP contribution in [0.2, 0.25) is 0 Å². The van der Waals surface area contributed by atoms with Crippen LogP contribution in [0, 0.1) is 0 Å². The Balaban J connectivity index is 2.67. The number of aryl methyl sites for hydroxylation is 1. The van der Waals surface area contributed by atoms with E-state index in [-0.39, 0.29) is 11.4 Å². The van der Waals surface area contributed by atoms with Crippen molar-refractivity contribution in [2.24, 2.45) is 0 Å². The van der Waals surface area contributed by atoms with E-state index in [0.29, 0.717) is 24.5 Å². The van der Waals surface area contributed by atoms with E-state index in [2.05, 4.69) is 9.97 Å². The van der Waals surface area contributed by atoms with E-state index < -0.39 is 0 Å². The Morgan fingerprint density at radius 2 is 2.43 bits per heavy atom. The van der Waals surface area contributed by atoms with Crippen molar-refractivity contribution in [1.29, 1.82) is 0 Å². The number of aromatic amines is 1. The van der Waals surface area contributed by atoms with Crippen molar-refractivity contribution < 1.29 is 4.74 Å². The summed E-state index contributed by atoms with van der Waals surface area (Å²) in [5.74, 6) is 0.937. The fourth-order valence-corrected chi connectivity index (χ4v) is 1.27. The second-order valence-corrected chi connectivity index (χ2v) is 3.18. The predicted octanol–water partition coefficient (Wildman–Crippen LogP) is 1.09. The zero-order valence-corrected chi connectivity index (χ0v) is 8.80. The van der Waals surface area contributed by atoms with Crippen molar-refractivity contribution in [3.63, 3.8) is 0 Å². The molecule has 1 rings (SSSR count). The molecule has 0 saturated carbocycles. The van der Waals surface area contributed by atoms with Crippen LogP contribution in [-0.4, -0.2) is 23.7 Å². The van der Waals surface area contributed by atoms with Crippen LogP contribution in [0.4, 0.5) is 0 Å². The van der Waals surface area contributed by atoms with Gasteiger partial charge in [0.2, 0.25) is 0 Å². The lowest BCUT2D eigenvalue weighted by Gasteiger charge is -2.01.